The summed E-state index contributed by atoms with van der Waals surface area (Å²) in [5.41, 5.74) is 9.19. The van der Waals surface area contributed by atoms with Crippen molar-refractivity contribution in [3.8, 4) is 11.8 Å². The fourth-order valence-corrected chi connectivity index (χ4v) is 1.40. The second-order valence-electron chi connectivity index (χ2n) is 2.94. The van der Waals surface area contributed by atoms with Crippen LogP contribution in [0.25, 0.3) is 10.4 Å². The summed E-state index contributed by atoms with van der Waals surface area (Å²) >= 11 is 5.89. The largest absolute Gasteiger partial charge is 0.294 e. The Labute approximate surface area is 97.9 Å². The molecule has 16 heavy (non-hydrogen) atoms. The van der Waals surface area contributed by atoms with Gasteiger partial charge in [-0.05, 0) is 30.7 Å². The molecule has 0 aliphatic carbocycles. The molecule has 0 bridgehead atoms. The van der Waals surface area contributed by atoms with E-state index in [2.05, 4.69) is 21.9 Å². The summed E-state index contributed by atoms with van der Waals surface area (Å²) in [5.74, 6) is 5.36. The van der Waals surface area contributed by atoms with E-state index in [0.29, 0.717) is 16.1 Å². The van der Waals surface area contributed by atoms with Crippen LogP contribution in [0.15, 0.2) is 23.3 Å². The third-order valence-corrected chi connectivity index (χ3v) is 2.11. The number of halogens is 1. The van der Waals surface area contributed by atoms with E-state index in [1.54, 1.807) is 18.2 Å². The molecule has 0 atom stereocenters. The lowest BCUT2D eigenvalue weighted by molar-refractivity contribution is 0.101. The first-order chi connectivity index (χ1) is 7.65. The third-order valence-electron chi connectivity index (χ3n) is 1.79. The number of benzene rings is 1. The van der Waals surface area contributed by atoms with Gasteiger partial charge in [0.2, 0.25) is 0 Å². The normalized spacial score (nSPS) is 8.62. The Morgan fingerprint density at radius 2 is 2.38 bits per heavy atom. The smallest absolute Gasteiger partial charge is 0.161 e. The van der Waals surface area contributed by atoms with E-state index in [1.807, 2.05) is 0 Å². The van der Waals surface area contributed by atoms with Gasteiger partial charge in [-0.25, -0.2) is 0 Å². The Hall–Kier alpha value is -1.95. The standard InChI is InChI=1S/C11H8ClN3O/c1-8(16)10-5-4-9(7-11(10)12)3-2-6-14-15-13/h4-5,7H,6H2,1H3. The van der Waals surface area contributed by atoms with Crippen LogP contribution in [0.1, 0.15) is 22.8 Å². The van der Waals surface area contributed by atoms with Crippen molar-refractivity contribution in [1.82, 2.24) is 0 Å². The minimum Gasteiger partial charge on any atom is -0.294 e. The summed E-state index contributed by atoms with van der Waals surface area (Å²) in [7, 11) is 0. The molecule has 0 aliphatic rings. The summed E-state index contributed by atoms with van der Waals surface area (Å²) in [4.78, 5) is 13.7. The number of Topliss-reactive ketones (excluding diaryl/α,β-unsaturated/α-hetero) is 1. The van der Waals surface area contributed by atoms with Gasteiger partial charge in [-0.2, -0.15) is 0 Å². The molecule has 0 radical (unpaired) electrons. The van der Waals surface area contributed by atoms with Crippen LogP contribution < -0.4 is 0 Å². The maximum atomic E-state index is 11.1. The number of hydrogen-bond acceptors (Lipinski definition) is 2. The van der Waals surface area contributed by atoms with Gasteiger partial charge in [-0.3, -0.25) is 4.79 Å². The zero-order chi connectivity index (χ0) is 12.0. The minimum atomic E-state index is -0.0846. The fourth-order valence-electron chi connectivity index (χ4n) is 1.09. The monoisotopic (exact) mass is 233 g/mol. The lowest BCUT2D eigenvalue weighted by Crippen LogP contribution is -1.93. The molecule has 80 valence electrons. The molecule has 4 nitrogen and oxygen atoms in total. The van der Waals surface area contributed by atoms with Crippen LogP contribution in [-0.2, 0) is 0 Å². The van der Waals surface area contributed by atoms with Gasteiger partial charge in [0.15, 0.2) is 5.78 Å². The van der Waals surface area contributed by atoms with Gasteiger partial charge in [0, 0.05) is 16.0 Å². The van der Waals surface area contributed by atoms with Gasteiger partial charge in [-0.15, -0.1) is 0 Å². The first-order valence-electron chi connectivity index (χ1n) is 4.45. The van der Waals surface area contributed by atoms with Crippen LogP contribution >= 0.6 is 11.6 Å². The number of carbonyl (C=O) groups excluding carboxylic acids is 1. The van der Waals surface area contributed by atoms with Gasteiger partial charge in [0.05, 0.1) is 11.6 Å². The van der Waals surface area contributed by atoms with Crippen molar-refractivity contribution in [1.29, 1.82) is 0 Å². The van der Waals surface area contributed by atoms with Crippen molar-refractivity contribution in [2.24, 2.45) is 5.11 Å². The molecule has 0 saturated carbocycles. The molecule has 0 unspecified atom stereocenters. The fraction of sp³-hybridized carbons (Fsp3) is 0.182. The lowest BCUT2D eigenvalue weighted by atomic mass is 10.1. The van der Waals surface area contributed by atoms with Gasteiger partial charge < -0.3 is 0 Å². The maximum absolute atomic E-state index is 11.1. The number of azide groups is 1. The zero-order valence-electron chi connectivity index (χ0n) is 8.57. The van der Waals surface area contributed by atoms with Gasteiger partial charge in [0.25, 0.3) is 0 Å². The van der Waals surface area contributed by atoms with Crippen LogP contribution in [0.3, 0.4) is 0 Å². The predicted molar refractivity (Wildman–Crippen MR) is 62.3 cm³/mol. The Balaban J connectivity index is 2.92. The van der Waals surface area contributed by atoms with E-state index in [4.69, 9.17) is 17.1 Å². The molecule has 0 amide bonds. The van der Waals surface area contributed by atoms with Crippen molar-refractivity contribution in [3.05, 3.63) is 44.8 Å². The Morgan fingerprint density at radius 1 is 1.62 bits per heavy atom. The molecule has 0 fully saturated rings. The molecule has 0 aliphatic heterocycles. The van der Waals surface area contributed by atoms with Crippen LogP contribution in [0, 0.1) is 11.8 Å². The highest BCUT2D eigenvalue weighted by atomic mass is 35.5. The number of rotatable bonds is 2. The van der Waals surface area contributed by atoms with Crippen molar-refractivity contribution in [3.63, 3.8) is 0 Å². The lowest BCUT2D eigenvalue weighted by Gasteiger charge is -1.99. The Kier molecular flexibility index (Phi) is 4.41. The second kappa shape index (κ2) is 5.82. The molecule has 0 N–H and O–H groups in total. The molecular formula is C11H8ClN3O. The molecule has 0 heterocycles. The molecular weight excluding hydrogens is 226 g/mol. The number of nitrogens with zero attached hydrogens (tertiary/aromatic N) is 3. The topological polar surface area (TPSA) is 65.8 Å². The molecule has 1 rings (SSSR count). The summed E-state index contributed by atoms with van der Waals surface area (Å²) in [6, 6.07) is 4.94. The summed E-state index contributed by atoms with van der Waals surface area (Å²) in [5, 5.41) is 3.65. The summed E-state index contributed by atoms with van der Waals surface area (Å²) in [6.07, 6.45) is 0. The number of carbonyl (C=O) groups is 1. The van der Waals surface area contributed by atoms with Crippen molar-refractivity contribution >= 4 is 17.4 Å². The minimum absolute atomic E-state index is 0.0846. The number of hydrogen-bond donors (Lipinski definition) is 0. The number of ketones is 1. The molecule has 1 aromatic carbocycles. The van der Waals surface area contributed by atoms with Gasteiger partial charge >= 0.3 is 0 Å². The van der Waals surface area contributed by atoms with Crippen LogP contribution in [0.2, 0.25) is 5.02 Å². The van der Waals surface area contributed by atoms with E-state index in [-0.39, 0.29) is 12.3 Å². The third kappa shape index (κ3) is 3.32. The van der Waals surface area contributed by atoms with Crippen LogP contribution in [0.4, 0.5) is 0 Å². The predicted octanol–water partition coefficient (Wildman–Crippen LogP) is 3.20. The SMILES string of the molecule is CC(=O)c1ccc(C#CCN=[N+]=[N-])cc1Cl. The highest BCUT2D eigenvalue weighted by Crippen LogP contribution is 2.17. The zero-order valence-corrected chi connectivity index (χ0v) is 9.32. The van der Waals surface area contributed by atoms with E-state index in [1.165, 1.54) is 6.92 Å². The summed E-state index contributed by atoms with van der Waals surface area (Å²) in [6.45, 7) is 1.57. The Bertz CT molecular complexity index is 522. The van der Waals surface area contributed by atoms with Crippen molar-refractivity contribution < 1.29 is 4.79 Å². The molecule has 1 aromatic rings. The molecule has 0 aromatic heterocycles. The average Bonchev–Trinajstić information content (AvgIpc) is 2.24. The van der Waals surface area contributed by atoms with E-state index >= 15 is 0 Å². The van der Waals surface area contributed by atoms with Gasteiger partial charge in [-0.1, -0.05) is 28.6 Å². The van der Waals surface area contributed by atoms with Crippen LogP contribution in [-0.4, -0.2) is 12.3 Å². The van der Waals surface area contributed by atoms with Crippen molar-refractivity contribution in [2.75, 3.05) is 6.54 Å². The van der Waals surface area contributed by atoms with E-state index in [9.17, 15) is 4.79 Å². The van der Waals surface area contributed by atoms with Gasteiger partial charge in [0.1, 0.15) is 0 Å². The maximum Gasteiger partial charge on any atom is 0.161 e. The van der Waals surface area contributed by atoms with E-state index in [0.717, 1.165) is 0 Å². The van der Waals surface area contributed by atoms with E-state index < -0.39 is 0 Å². The quantitative estimate of drug-likeness (QED) is 0.254. The van der Waals surface area contributed by atoms with Crippen LogP contribution in [0.5, 0.6) is 0 Å². The van der Waals surface area contributed by atoms with Crippen molar-refractivity contribution in [2.45, 2.75) is 6.92 Å². The summed E-state index contributed by atoms with van der Waals surface area (Å²) < 4.78 is 0. The molecule has 0 spiro atoms. The molecule has 0 saturated heterocycles. The average molecular weight is 234 g/mol. The highest BCUT2D eigenvalue weighted by molar-refractivity contribution is 6.33. The Morgan fingerprint density at radius 3 is 2.94 bits per heavy atom. The first kappa shape index (κ1) is 12.1. The molecule has 5 heteroatoms. The second-order valence-corrected chi connectivity index (χ2v) is 3.35. The first-order valence-corrected chi connectivity index (χ1v) is 4.83. The highest BCUT2D eigenvalue weighted by Gasteiger charge is 2.04.